The van der Waals surface area contributed by atoms with E-state index in [0.29, 0.717) is 32.5 Å². The Hall–Kier alpha value is -3.90. The molecular formula is C30H32N4O2. The van der Waals surface area contributed by atoms with Crippen LogP contribution in [0, 0.1) is 0 Å². The Bertz CT molecular complexity index is 1320. The van der Waals surface area contributed by atoms with Gasteiger partial charge in [0.15, 0.2) is 0 Å². The van der Waals surface area contributed by atoms with E-state index in [2.05, 4.69) is 16.4 Å². The van der Waals surface area contributed by atoms with Crippen molar-refractivity contribution in [2.45, 2.75) is 31.5 Å². The van der Waals surface area contributed by atoms with Crippen molar-refractivity contribution in [1.29, 1.82) is 0 Å². The quantitative estimate of drug-likeness (QED) is 0.403. The van der Waals surface area contributed by atoms with Gasteiger partial charge in [-0.3, -0.25) is 9.59 Å². The lowest BCUT2D eigenvalue weighted by molar-refractivity contribution is -0.148. The molecule has 2 heterocycles. The van der Waals surface area contributed by atoms with Gasteiger partial charge in [-0.2, -0.15) is 0 Å². The molecule has 184 valence electrons. The van der Waals surface area contributed by atoms with Crippen LogP contribution in [0.25, 0.3) is 10.9 Å². The summed E-state index contributed by atoms with van der Waals surface area (Å²) in [6.45, 7) is 1.66. The first-order valence-electron chi connectivity index (χ1n) is 12.5. The lowest BCUT2D eigenvalue weighted by atomic mass is 9.98. The maximum Gasteiger partial charge on any atom is 0.245 e. The van der Waals surface area contributed by atoms with Crippen LogP contribution in [0.1, 0.15) is 16.7 Å². The third kappa shape index (κ3) is 5.19. The lowest BCUT2D eigenvalue weighted by Gasteiger charge is -2.39. The number of likely N-dealkylation sites (N-methyl/N-ethyl adjacent to an activating group) is 1. The predicted octanol–water partition coefficient (Wildman–Crippen LogP) is 3.78. The molecule has 36 heavy (non-hydrogen) atoms. The standard InChI is InChI=1S/C30H32N4O2/c1-33(21-23-12-6-3-7-13-23)30(36)28(18-22-10-4-2-5-11-22)34-17-16-31-27(29(34)35)19-24-20-32-26-15-9-8-14-25(24)26/h2-15,20,27-28,31-32H,16-19,21H2,1H3/t27?,28-/m0/s1. The molecule has 6 heteroatoms. The minimum Gasteiger partial charge on any atom is -0.361 e. The molecule has 1 fully saturated rings. The number of para-hydroxylation sites is 1. The van der Waals surface area contributed by atoms with Crippen molar-refractivity contribution >= 4 is 22.7 Å². The highest BCUT2D eigenvalue weighted by molar-refractivity contribution is 5.91. The van der Waals surface area contributed by atoms with Gasteiger partial charge in [-0.05, 0) is 29.2 Å². The zero-order valence-electron chi connectivity index (χ0n) is 20.6. The van der Waals surface area contributed by atoms with E-state index in [1.807, 2.05) is 92.1 Å². The first kappa shape index (κ1) is 23.8. The number of carbonyl (C=O) groups is 2. The number of aromatic nitrogens is 1. The molecule has 1 aliphatic heterocycles. The molecule has 6 nitrogen and oxygen atoms in total. The van der Waals surface area contributed by atoms with Gasteiger partial charge in [-0.15, -0.1) is 0 Å². The van der Waals surface area contributed by atoms with Crippen molar-refractivity contribution in [3.8, 4) is 0 Å². The van der Waals surface area contributed by atoms with Crippen LogP contribution in [-0.2, 0) is 29.0 Å². The smallest absolute Gasteiger partial charge is 0.245 e. The SMILES string of the molecule is CN(Cc1ccccc1)C(=O)[C@H](Cc1ccccc1)N1CCNC(Cc2c[nH]c3ccccc23)C1=O. The predicted molar refractivity (Wildman–Crippen MR) is 142 cm³/mol. The van der Waals surface area contributed by atoms with Crippen LogP contribution in [0.4, 0.5) is 0 Å². The fourth-order valence-electron chi connectivity index (χ4n) is 5.10. The Labute approximate surface area is 211 Å². The number of hydrogen-bond donors (Lipinski definition) is 2. The molecule has 0 bridgehead atoms. The molecule has 4 aromatic rings. The summed E-state index contributed by atoms with van der Waals surface area (Å²) in [4.78, 5) is 34.4. The summed E-state index contributed by atoms with van der Waals surface area (Å²) in [6.07, 6.45) is 3.05. The summed E-state index contributed by atoms with van der Waals surface area (Å²) in [5.41, 5.74) is 4.27. The van der Waals surface area contributed by atoms with Crippen molar-refractivity contribution in [1.82, 2.24) is 20.1 Å². The topological polar surface area (TPSA) is 68.4 Å². The Kier molecular flexibility index (Phi) is 7.14. The minimum atomic E-state index is -0.554. The van der Waals surface area contributed by atoms with E-state index in [1.54, 1.807) is 9.80 Å². The largest absolute Gasteiger partial charge is 0.361 e. The van der Waals surface area contributed by atoms with Crippen molar-refractivity contribution < 1.29 is 9.59 Å². The third-order valence-corrected chi connectivity index (χ3v) is 7.00. The number of H-pyrrole nitrogens is 1. The number of hydrogen-bond acceptors (Lipinski definition) is 3. The molecule has 1 aliphatic rings. The number of aromatic amines is 1. The van der Waals surface area contributed by atoms with Crippen molar-refractivity contribution in [3.05, 3.63) is 108 Å². The van der Waals surface area contributed by atoms with E-state index in [9.17, 15) is 9.59 Å². The number of nitrogens with one attached hydrogen (secondary N) is 2. The summed E-state index contributed by atoms with van der Waals surface area (Å²) in [6, 6.07) is 27.1. The van der Waals surface area contributed by atoms with E-state index in [-0.39, 0.29) is 17.9 Å². The summed E-state index contributed by atoms with van der Waals surface area (Å²) < 4.78 is 0. The molecule has 2 atom stereocenters. The Morgan fingerprint density at radius 3 is 2.39 bits per heavy atom. The molecule has 2 N–H and O–H groups in total. The fourth-order valence-corrected chi connectivity index (χ4v) is 5.10. The first-order valence-corrected chi connectivity index (χ1v) is 12.5. The van der Waals surface area contributed by atoms with Crippen LogP contribution >= 0.6 is 0 Å². The normalized spacial score (nSPS) is 16.8. The Morgan fingerprint density at radius 2 is 1.64 bits per heavy atom. The van der Waals surface area contributed by atoms with Crippen LogP contribution in [0.15, 0.2) is 91.1 Å². The molecule has 0 aliphatic carbocycles. The summed E-state index contributed by atoms with van der Waals surface area (Å²) in [5, 5.41) is 4.53. The average Bonchev–Trinajstić information content (AvgIpc) is 3.32. The van der Waals surface area contributed by atoms with Crippen molar-refractivity contribution in [2.24, 2.45) is 0 Å². The summed E-state index contributed by atoms with van der Waals surface area (Å²) in [5.74, 6) is -0.0577. The zero-order valence-corrected chi connectivity index (χ0v) is 20.6. The van der Waals surface area contributed by atoms with Gasteiger partial charge in [0, 0.05) is 50.2 Å². The number of carbonyl (C=O) groups excluding carboxylic acids is 2. The maximum absolute atomic E-state index is 13.8. The van der Waals surface area contributed by atoms with Gasteiger partial charge in [-0.25, -0.2) is 0 Å². The van der Waals surface area contributed by atoms with Crippen LogP contribution in [0.2, 0.25) is 0 Å². The molecule has 1 aromatic heterocycles. The number of rotatable bonds is 8. The van der Waals surface area contributed by atoms with Gasteiger partial charge in [0.2, 0.25) is 11.8 Å². The number of piperazine rings is 1. The highest BCUT2D eigenvalue weighted by Gasteiger charge is 2.37. The Balaban J connectivity index is 1.38. The lowest BCUT2D eigenvalue weighted by Crippen LogP contribution is -2.62. The van der Waals surface area contributed by atoms with E-state index in [0.717, 1.165) is 27.6 Å². The molecule has 1 saturated heterocycles. The number of fused-ring (bicyclic) bond motifs is 1. The highest BCUT2D eigenvalue weighted by atomic mass is 16.2. The Morgan fingerprint density at radius 1 is 0.972 bits per heavy atom. The molecular weight excluding hydrogens is 448 g/mol. The van der Waals surface area contributed by atoms with Crippen LogP contribution < -0.4 is 5.32 Å². The van der Waals surface area contributed by atoms with E-state index in [1.165, 1.54) is 0 Å². The first-order chi connectivity index (χ1) is 17.6. The third-order valence-electron chi connectivity index (χ3n) is 7.00. The van der Waals surface area contributed by atoms with E-state index < -0.39 is 6.04 Å². The van der Waals surface area contributed by atoms with Gasteiger partial charge >= 0.3 is 0 Å². The fraction of sp³-hybridized carbons (Fsp3) is 0.267. The van der Waals surface area contributed by atoms with E-state index >= 15 is 0 Å². The van der Waals surface area contributed by atoms with Crippen molar-refractivity contribution in [2.75, 3.05) is 20.1 Å². The highest BCUT2D eigenvalue weighted by Crippen LogP contribution is 2.22. The second kappa shape index (κ2) is 10.8. The minimum absolute atomic E-state index is 0.0195. The number of nitrogens with zero attached hydrogens (tertiary/aromatic N) is 2. The van der Waals surface area contributed by atoms with Gasteiger partial charge < -0.3 is 20.1 Å². The number of amides is 2. The summed E-state index contributed by atoms with van der Waals surface area (Å²) in [7, 11) is 1.82. The average molecular weight is 481 g/mol. The van der Waals surface area contributed by atoms with Crippen LogP contribution in [-0.4, -0.2) is 58.8 Å². The van der Waals surface area contributed by atoms with Gasteiger partial charge in [0.25, 0.3) is 0 Å². The zero-order chi connectivity index (χ0) is 24.9. The van der Waals surface area contributed by atoms with Gasteiger partial charge in [0.05, 0.1) is 6.04 Å². The molecule has 0 spiro atoms. The second-order valence-electron chi connectivity index (χ2n) is 9.49. The molecule has 1 unspecified atom stereocenters. The molecule has 2 amide bonds. The van der Waals surface area contributed by atoms with Crippen LogP contribution in [0.5, 0.6) is 0 Å². The second-order valence-corrected chi connectivity index (χ2v) is 9.49. The number of benzene rings is 3. The molecule has 0 saturated carbocycles. The van der Waals surface area contributed by atoms with Gasteiger partial charge in [0.1, 0.15) is 6.04 Å². The molecule has 0 radical (unpaired) electrons. The van der Waals surface area contributed by atoms with E-state index in [4.69, 9.17) is 0 Å². The van der Waals surface area contributed by atoms with Crippen LogP contribution in [0.3, 0.4) is 0 Å². The summed E-state index contributed by atoms with van der Waals surface area (Å²) >= 11 is 0. The monoisotopic (exact) mass is 480 g/mol. The van der Waals surface area contributed by atoms with Gasteiger partial charge in [-0.1, -0.05) is 78.9 Å². The maximum atomic E-state index is 13.8. The molecule has 5 rings (SSSR count). The van der Waals surface area contributed by atoms with Crippen molar-refractivity contribution in [3.63, 3.8) is 0 Å². The molecule has 3 aromatic carbocycles.